The lowest BCUT2D eigenvalue weighted by molar-refractivity contribution is 0.563. The zero-order chi connectivity index (χ0) is 14.9. The van der Waals surface area contributed by atoms with Crippen molar-refractivity contribution in [1.29, 1.82) is 0 Å². The average Bonchev–Trinajstić information content (AvgIpc) is 2.97. The molecule has 0 spiro atoms. The highest BCUT2D eigenvalue weighted by Crippen LogP contribution is 2.22. The molecule has 110 valence electrons. The third-order valence-corrected chi connectivity index (χ3v) is 5.78. The van der Waals surface area contributed by atoms with E-state index >= 15 is 0 Å². The molecule has 0 amide bonds. The van der Waals surface area contributed by atoms with Gasteiger partial charge in [-0.1, -0.05) is 6.92 Å². The maximum absolute atomic E-state index is 12.2. The van der Waals surface area contributed by atoms with Gasteiger partial charge in [-0.05, 0) is 24.9 Å². The molecule has 6 nitrogen and oxygen atoms in total. The second-order valence-corrected chi connectivity index (χ2v) is 7.47. The van der Waals surface area contributed by atoms with Gasteiger partial charge in [0.15, 0.2) is 5.03 Å². The average molecular weight is 335 g/mol. The second kappa shape index (κ2) is 5.80. The van der Waals surface area contributed by atoms with Crippen molar-refractivity contribution < 1.29 is 8.42 Å². The number of imidazole rings is 1. The van der Waals surface area contributed by atoms with Crippen LogP contribution in [-0.2, 0) is 23.5 Å². The summed E-state index contributed by atoms with van der Waals surface area (Å²) in [5.74, 6) is 0. The van der Waals surface area contributed by atoms with Crippen LogP contribution < -0.4 is 4.72 Å². The van der Waals surface area contributed by atoms with Crippen molar-refractivity contribution in [3.8, 4) is 0 Å². The zero-order valence-electron chi connectivity index (χ0n) is 11.3. The van der Waals surface area contributed by atoms with Gasteiger partial charge in [-0.2, -0.15) is 0 Å². The Morgan fingerprint density at radius 2 is 2.25 bits per heavy atom. The van der Waals surface area contributed by atoms with Crippen LogP contribution in [0.3, 0.4) is 0 Å². The van der Waals surface area contributed by atoms with Gasteiger partial charge < -0.3 is 4.57 Å². The molecule has 0 aliphatic carbocycles. The van der Waals surface area contributed by atoms with Gasteiger partial charge in [-0.3, -0.25) is 0 Å². The molecule has 0 aliphatic heterocycles. The lowest BCUT2D eigenvalue weighted by Crippen LogP contribution is -2.27. The third kappa shape index (κ3) is 3.20. The van der Waals surface area contributed by atoms with Crippen molar-refractivity contribution in [2.24, 2.45) is 7.05 Å². The first-order chi connectivity index (χ1) is 9.33. The highest BCUT2D eigenvalue weighted by molar-refractivity contribution is 7.89. The van der Waals surface area contributed by atoms with Gasteiger partial charge in [0, 0.05) is 24.3 Å². The predicted molar refractivity (Wildman–Crippen MR) is 78.4 cm³/mol. The number of aryl methyl sites for hydroxylation is 2. The number of nitrogens with one attached hydrogen (secondary N) is 1. The summed E-state index contributed by atoms with van der Waals surface area (Å²) >= 11 is 7.26. The van der Waals surface area contributed by atoms with Crippen LogP contribution in [0.1, 0.15) is 29.8 Å². The number of rotatable bonds is 5. The van der Waals surface area contributed by atoms with Gasteiger partial charge >= 0.3 is 0 Å². The number of hydrogen-bond acceptors (Lipinski definition) is 5. The fourth-order valence-corrected chi connectivity index (χ4v) is 3.90. The minimum atomic E-state index is -3.71. The first kappa shape index (κ1) is 15.4. The summed E-state index contributed by atoms with van der Waals surface area (Å²) in [5, 5.41) is 0.761. The summed E-state index contributed by atoms with van der Waals surface area (Å²) in [6.45, 7) is 3.78. The lowest BCUT2D eigenvalue weighted by atomic mass is 10.4. The summed E-state index contributed by atoms with van der Waals surface area (Å²) in [5.41, 5.74) is 0. The molecule has 1 unspecified atom stereocenters. The van der Waals surface area contributed by atoms with Crippen molar-refractivity contribution in [1.82, 2.24) is 19.3 Å². The molecule has 0 fully saturated rings. The van der Waals surface area contributed by atoms with Crippen molar-refractivity contribution in [3.63, 3.8) is 0 Å². The quantitative estimate of drug-likeness (QED) is 0.908. The smallest absolute Gasteiger partial charge is 0.260 e. The standard InChI is InChI=1S/C11H15ClN4O2S2/c1-4-8-5-13-10(19-8)7(2)15-20(17,18)9-6-16(3)11(12)14-9/h5-7,15H,4H2,1-3H3. The van der Waals surface area contributed by atoms with Gasteiger partial charge in [0.25, 0.3) is 10.0 Å². The number of thiazole rings is 1. The molecule has 0 aromatic carbocycles. The van der Waals surface area contributed by atoms with Gasteiger partial charge in [0.1, 0.15) is 5.01 Å². The first-order valence-electron chi connectivity index (χ1n) is 5.99. The van der Waals surface area contributed by atoms with Crippen LogP contribution in [0.5, 0.6) is 0 Å². The molecular weight excluding hydrogens is 320 g/mol. The highest BCUT2D eigenvalue weighted by Gasteiger charge is 2.23. The van der Waals surface area contributed by atoms with Crippen molar-refractivity contribution in [3.05, 3.63) is 27.6 Å². The van der Waals surface area contributed by atoms with E-state index in [9.17, 15) is 8.42 Å². The SMILES string of the molecule is CCc1cnc(C(C)NS(=O)(=O)c2cn(C)c(Cl)n2)s1. The van der Waals surface area contributed by atoms with E-state index in [4.69, 9.17) is 11.6 Å². The molecule has 2 aromatic heterocycles. The van der Waals surface area contributed by atoms with Crippen LogP contribution in [0.4, 0.5) is 0 Å². The molecule has 2 aromatic rings. The minimum absolute atomic E-state index is 0.0934. The van der Waals surface area contributed by atoms with Crippen molar-refractivity contribution in [2.75, 3.05) is 0 Å². The van der Waals surface area contributed by atoms with Crippen LogP contribution in [-0.4, -0.2) is 23.0 Å². The Morgan fingerprint density at radius 1 is 1.55 bits per heavy atom. The topological polar surface area (TPSA) is 76.9 Å². The van der Waals surface area contributed by atoms with E-state index in [2.05, 4.69) is 14.7 Å². The van der Waals surface area contributed by atoms with E-state index < -0.39 is 16.1 Å². The minimum Gasteiger partial charge on any atom is -0.323 e. The van der Waals surface area contributed by atoms with Gasteiger partial charge in [-0.15, -0.1) is 11.3 Å². The van der Waals surface area contributed by atoms with E-state index in [1.807, 2.05) is 6.92 Å². The van der Waals surface area contributed by atoms with E-state index in [1.165, 1.54) is 22.1 Å². The fraction of sp³-hybridized carbons (Fsp3) is 0.455. The summed E-state index contributed by atoms with van der Waals surface area (Å²) in [4.78, 5) is 9.16. The molecule has 0 aliphatic rings. The van der Waals surface area contributed by atoms with Gasteiger partial charge in [0.05, 0.1) is 6.04 Å². The largest absolute Gasteiger partial charge is 0.323 e. The molecule has 2 rings (SSSR count). The molecule has 0 saturated carbocycles. The number of nitrogens with zero attached hydrogens (tertiary/aromatic N) is 3. The lowest BCUT2D eigenvalue weighted by Gasteiger charge is -2.09. The molecular formula is C11H15ClN4O2S2. The van der Waals surface area contributed by atoms with E-state index in [0.29, 0.717) is 0 Å². The van der Waals surface area contributed by atoms with Crippen molar-refractivity contribution in [2.45, 2.75) is 31.3 Å². The molecule has 9 heteroatoms. The van der Waals surface area contributed by atoms with Crippen LogP contribution >= 0.6 is 22.9 Å². The van der Waals surface area contributed by atoms with Crippen LogP contribution in [0.25, 0.3) is 0 Å². The van der Waals surface area contributed by atoms with E-state index in [-0.39, 0.29) is 10.3 Å². The van der Waals surface area contributed by atoms with E-state index in [1.54, 1.807) is 20.2 Å². The van der Waals surface area contributed by atoms with Gasteiger partial charge in [0.2, 0.25) is 5.28 Å². The first-order valence-corrected chi connectivity index (χ1v) is 8.67. The molecule has 0 radical (unpaired) electrons. The Bertz CT molecular complexity index is 688. The zero-order valence-corrected chi connectivity index (χ0v) is 13.7. The Morgan fingerprint density at radius 3 is 2.75 bits per heavy atom. The molecule has 1 N–H and O–H groups in total. The maximum atomic E-state index is 12.2. The Labute approximate surface area is 126 Å². The second-order valence-electron chi connectivity index (χ2n) is 4.32. The maximum Gasteiger partial charge on any atom is 0.260 e. The summed E-state index contributed by atoms with van der Waals surface area (Å²) in [6.07, 6.45) is 4.02. The van der Waals surface area contributed by atoms with Gasteiger partial charge in [-0.25, -0.2) is 23.1 Å². The molecule has 0 saturated heterocycles. The highest BCUT2D eigenvalue weighted by atomic mass is 35.5. The number of sulfonamides is 1. The van der Waals surface area contributed by atoms with Crippen LogP contribution in [0.2, 0.25) is 5.28 Å². The molecule has 20 heavy (non-hydrogen) atoms. The Balaban J connectivity index is 2.19. The summed E-state index contributed by atoms with van der Waals surface area (Å²) < 4.78 is 28.4. The monoisotopic (exact) mass is 334 g/mol. The fourth-order valence-electron chi connectivity index (χ4n) is 1.58. The molecule has 2 heterocycles. The number of halogens is 1. The Hall–Kier alpha value is -0.960. The summed E-state index contributed by atoms with van der Waals surface area (Å²) in [7, 11) is -2.08. The molecule has 1 atom stereocenters. The predicted octanol–water partition coefficient (Wildman–Crippen LogP) is 2.13. The number of hydrogen-bond donors (Lipinski definition) is 1. The normalized spacial score (nSPS) is 13.6. The molecule has 0 bridgehead atoms. The van der Waals surface area contributed by atoms with Crippen molar-refractivity contribution >= 4 is 33.0 Å². The number of aromatic nitrogens is 3. The van der Waals surface area contributed by atoms with E-state index in [0.717, 1.165) is 16.3 Å². The Kier molecular flexibility index (Phi) is 4.48. The van der Waals surface area contributed by atoms with Crippen LogP contribution in [0, 0.1) is 0 Å². The summed E-state index contributed by atoms with van der Waals surface area (Å²) in [6, 6.07) is -0.411. The van der Waals surface area contributed by atoms with Crippen LogP contribution in [0.15, 0.2) is 17.4 Å². The third-order valence-electron chi connectivity index (χ3n) is 2.70.